The zero-order chi connectivity index (χ0) is 43.9. The van der Waals surface area contributed by atoms with Crippen LogP contribution in [0.2, 0.25) is 0 Å². The fourth-order valence-corrected chi connectivity index (χ4v) is 10.2. The van der Waals surface area contributed by atoms with Gasteiger partial charge >= 0.3 is 6.09 Å². The summed E-state index contributed by atoms with van der Waals surface area (Å²) in [4.78, 5) is 18.8. The van der Waals surface area contributed by atoms with Crippen LogP contribution in [0.5, 0.6) is 17.2 Å². The van der Waals surface area contributed by atoms with Crippen molar-refractivity contribution in [2.24, 2.45) is 0 Å². The van der Waals surface area contributed by atoms with Gasteiger partial charge in [-0.1, -0.05) is 54.6 Å². The molecule has 20 heteroatoms. The SMILES string of the molecule is COc1ccc(CN(Cc2ccc(OC)cc2)S(=O)(=O)c2c(S(=O)(=O)NCCCNC(=O)O)ccc(-c3cccc4[nH]cnc34)c2-c2nnn(Cc3ccc(OC)cc3)n2)cc1. The van der Waals surface area contributed by atoms with Crippen molar-refractivity contribution < 1.29 is 40.9 Å². The van der Waals surface area contributed by atoms with E-state index in [-0.39, 0.29) is 56.1 Å². The van der Waals surface area contributed by atoms with E-state index in [1.54, 1.807) is 86.0 Å². The molecule has 18 nitrogen and oxygen atoms in total. The number of nitrogens with one attached hydrogen (secondary N) is 3. The van der Waals surface area contributed by atoms with E-state index in [9.17, 15) is 13.2 Å². The highest BCUT2D eigenvalue weighted by Gasteiger charge is 2.38. The Morgan fingerprint density at radius 2 is 1.35 bits per heavy atom. The lowest BCUT2D eigenvalue weighted by Gasteiger charge is -2.26. The molecule has 0 unspecified atom stereocenters. The second-order valence-electron chi connectivity index (χ2n) is 13.9. The Labute approximate surface area is 357 Å². The molecule has 322 valence electrons. The molecule has 0 saturated heterocycles. The number of para-hydroxylation sites is 1. The van der Waals surface area contributed by atoms with Gasteiger partial charge in [-0.3, -0.25) is 0 Å². The second kappa shape index (κ2) is 18.8. The molecule has 0 radical (unpaired) electrons. The number of amides is 1. The van der Waals surface area contributed by atoms with Gasteiger partial charge in [-0.25, -0.2) is 31.3 Å². The minimum Gasteiger partial charge on any atom is -0.497 e. The van der Waals surface area contributed by atoms with Crippen LogP contribution in [0.15, 0.2) is 119 Å². The van der Waals surface area contributed by atoms with Crippen molar-refractivity contribution in [1.82, 2.24) is 44.5 Å². The lowest BCUT2D eigenvalue weighted by molar-refractivity contribution is 0.194. The number of methoxy groups -OCH3 is 3. The summed E-state index contributed by atoms with van der Waals surface area (Å²) in [5.41, 5.74) is 3.67. The number of aromatic nitrogens is 6. The van der Waals surface area contributed by atoms with E-state index in [0.29, 0.717) is 45.0 Å². The highest BCUT2D eigenvalue weighted by Crippen LogP contribution is 2.43. The highest BCUT2D eigenvalue weighted by molar-refractivity contribution is 7.92. The molecular formula is C42H43N9O9S2. The van der Waals surface area contributed by atoms with E-state index >= 15 is 8.42 Å². The summed E-state index contributed by atoms with van der Waals surface area (Å²) in [5, 5.41) is 24.6. The number of benzene rings is 5. The molecule has 0 bridgehead atoms. The molecule has 5 aromatic carbocycles. The maximum atomic E-state index is 15.8. The smallest absolute Gasteiger partial charge is 0.404 e. The van der Waals surface area contributed by atoms with Gasteiger partial charge in [0.2, 0.25) is 25.9 Å². The molecule has 0 aliphatic carbocycles. The number of H-pyrrole nitrogens is 1. The lowest BCUT2D eigenvalue weighted by Crippen LogP contribution is -2.34. The molecule has 7 rings (SSSR count). The third-order valence-corrected chi connectivity index (χ3v) is 13.4. The van der Waals surface area contributed by atoms with Crippen LogP contribution in [-0.2, 0) is 39.7 Å². The van der Waals surface area contributed by atoms with Crippen molar-refractivity contribution in [3.05, 3.63) is 126 Å². The van der Waals surface area contributed by atoms with Gasteiger partial charge in [-0.2, -0.15) is 9.10 Å². The Morgan fingerprint density at radius 1 is 0.758 bits per heavy atom. The standard InChI is InChI=1S/C42H43N9O9S2/c1-58-31-14-8-28(9-15-31)24-50(25-29-10-16-32(59-2)17-11-29)62(56,57)40-37(61(54,55)46-23-5-22-43-42(52)53)21-20-34(35-6-4-7-36-39(35)45-27-44-36)38(40)41-47-49-51(48-41)26-30-12-18-33(60-3)19-13-30/h4,6-21,27,43,46H,5,22-26H2,1-3H3,(H,44,45)(H,52,53). The number of tetrazole rings is 1. The van der Waals surface area contributed by atoms with Crippen molar-refractivity contribution in [1.29, 1.82) is 0 Å². The molecule has 0 atom stereocenters. The molecule has 0 aliphatic heterocycles. The Hall–Kier alpha value is -6.87. The number of ether oxygens (including phenoxy) is 3. The number of imidazole rings is 1. The first-order chi connectivity index (χ1) is 29.9. The number of fused-ring (bicyclic) bond motifs is 1. The second-order valence-corrected chi connectivity index (χ2v) is 17.5. The molecule has 7 aromatic rings. The van der Waals surface area contributed by atoms with E-state index in [1.165, 1.54) is 41.8 Å². The molecule has 1 amide bonds. The molecular weight excluding hydrogens is 839 g/mol. The summed E-state index contributed by atoms with van der Waals surface area (Å²) in [6.07, 6.45) is 0.305. The molecule has 0 fully saturated rings. The van der Waals surface area contributed by atoms with Crippen molar-refractivity contribution in [2.75, 3.05) is 34.4 Å². The van der Waals surface area contributed by atoms with Crippen LogP contribution in [0.4, 0.5) is 4.79 Å². The zero-order valence-corrected chi connectivity index (χ0v) is 35.5. The minimum absolute atomic E-state index is 0.0560. The van der Waals surface area contributed by atoms with Crippen molar-refractivity contribution in [3.63, 3.8) is 0 Å². The summed E-state index contributed by atoms with van der Waals surface area (Å²) in [6.45, 7) is -0.526. The molecule has 4 N–H and O–H groups in total. The van der Waals surface area contributed by atoms with Gasteiger partial charge < -0.3 is 29.6 Å². The minimum atomic E-state index is -4.89. The van der Waals surface area contributed by atoms with Gasteiger partial charge in [0.05, 0.1) is 50.8 Å². The number of hydrogen-bond donors (Lipinski definition) is 4. The fraction of sp³-hybridized carbons (Fsp3) is 0.214. The highest BCUT2D eigenvalue weighted by atomic mass is 32.2. The molecule has 2 heterocycles. The summed E-state index contributed by atoms with van der Waals surface area (Å²) in [7, 11) is -4.95. The first kappa shape index (κ1) is 43.2. The quantitative estimate of drug-likeness (QED) is 0.0758. The Balaban J connectivity index is 1.46. The van der Waals surface area contributed by atoms with Crippen molar-refractivity contribution >= 4 is 37.2 Å². The van der Waals surface area contributed by atoms with Gasteiger partial charge in [-0.05, 0) is 82.4 Å². The van der Waals surface area contributed by atoms with Crippen LogP contribution < -0.4 is 24.2 Å². The number of nitrogens with zero attached hydrogens (tertiary/aromatic N) is 6. The molecule has 0 spiro atoms. The number of carbonyl (C=O) groups is 1. The van der Waals surface area contributed by atoms with E-state index in [1.807, 2.05) is 12.1 Å². The first-order valence-electron chi connectivity index (χ1n) is 19.1. The van der Waals surface area contributed by atoms with Crippen molar-refractivity contribution in [3.8, 4) is 39.8 Å². The maximum absolute atomic E-state index is 15.8. The molecule has 62 heavy (non-hydrogen) atoms. The van der Waals surface area contributed by atoms with Gasteiger partial charge in [0.1, 0.15) is 27.0 Å². The number of aromatic amines is 1. The molecule has 2 aromatic heterocycles. The van der Waals surface area contributed by atoms with E-state index in [2.05, 4.69) is 35.4 Å². The topological polar surface area (TPSA) is 233 Å². The normalized spacial score (nSPS) is 11.8. The predicted molar refractivity (Wildman–Crippen MR) is 229 cm³/mol. The van der Waals surface area contributed by atoms with Crippen molar-refractivity contribution in [2.45, 2.75) is 35.8 Å². The van der Waals surface area contributed by atoms with Gasteiger partial charge in [0.15, 0.2) is 0 Å². The fourth-order valence-electron chi connectivity index (χ4n) is 6.76. The van der Waals surface area contributed by atoms with Gasteiger partial charge in [0.25, 0.3) is 0 Å². The van der Waals surface area contributed by atoms with E-state index < -0.39 is 35.9 Å². The van der Waals surface area contributed by atoms with E-state index in [4.69, 9.17) is 19.3 Å². The van der Waals surface area contributed by atoms with Crippen LogP contribution in [0.3, 0.4) is 0 Å². The van der Waals surface area contributed by atoms with Crippen LogP contribution in [-0.4, -0.2) is 96.9 Å². The zero-order valence-electron chi connectivity index (χ0n) is 33.8. The van der Waals surface area contributed by atoms with Crippen LogP contribution in [0, 0.1) is 0 Å². The Kier molecular flexibility index (Phi) is 13.1. The summed E-state index contributed by atoms with van der Waals surface area (Å²) in [6, 6.07) is 28.9. The third kappa shape index (κ3) is 9.68. The average Bonchev–Trinajstić information content (AvgIpc) is 3.96. The predicted octanol–water partition coefficient (Wildman–Crippen LogP) is 5.28. The van der Waals surface area contributed by atoms with Crippen LogP contribution in [0.1, 0.15) is 23.1 Å². The molecule has 0 aliphatic rings. The maximum Gasteiger partial charge on any atom is 0.404 e. The first-order valence-corrected chi connectivity index (χ1v) is 22.1. The van der Waals surface area contributed by atoms with Gasteiger partial charge in [-0.15, -0.1) is 10.2 Å². The Morgan fingerprint density at radius 3 is 1.94 bits per heavy atom. The number of sulfonamides is 2. The Bertz CT molecular complexity index is 2840. The monoisotopic (exact) mass is 881 g/mol. The summed E-state index contributed by atoms with van der Waals surface area (Å²) >= 11 is 0. The van der Waals surface area contributed by atoms with E-state index in [0.717, 1.165) is 5.56 Å². The molecule has 0 saturated carbocycles. The number of rotatable bonds is 19. The van der Waals surface area contributed by atoms with Crippen LogP contribution in [0.25, 0.3) is 33.5 Å². The summed E-state index contributed by atoms with van der Waals surface area (Å²) < 4.78 is 80.4. The van der Waals surface area contributed by atoms with Gasteiger partial charge in [0, 0.05) is 31.7 Å². The largest absolute Gasteiger partial charge is 0.497 e. The third-order valence-electron chi connectivity index (χ3n) is 9.87. The number of hydrogen-bond acceptors (Lipinski definition) is 12. The average molecular weight is 882 g/mol. The summed E-state index contributed by atoms with van der Waals surface area (Å²) in [5.74, 6) is 1.59. The number of carboxylic acid groups (broad SMARTS) is 1. The lowest BCUT2D eigenvalue weighted by atomic mass is 9.98. The van der Waals surface area contributed by atoms with Crippen LogP contribution >= 0.6 is 0 Å².